The Balaban J connectivity index is 2.36. The van der Waals surface area contributed by atoms with Crippen molar-refractivity contribution in [1.82, 2.24) is 4.98 Å². The lowest BCUT2D eigenvalue weighted by molar-refractivity contribution is -0.118. The molecule has 1 unspecified atom stereocenters. The van der Waals surface area contributed by atoms with Gasteiger partial charge in [-0.3, -0.25) is 0 Å². The summed E-state index contributed by atoms with van der Waals surface area (Å²) in [6.07, 6.45) is 4.94. The minimum Gasteiger partial charge on any atom is -0.385 e. The zero-order valence-corrected chi connectivity index (χ0v) is 11.1. The predicted octanol–water partition coefficient (Wildman–Crippen LogP) is 2.35. The number of nitrogens with zero attached hydrogens (tertiary/aromatic N) is 1. The van der Waals surface area contributed by atoms with Crippen molar-refractivity contribution in [3.05, 3.63) is 23.4 Å². The van der Waals surface area contributed by atoms with Crippen LogP contribution in [0.5, 0.6) is 0 Å². The van der Waals surface area contributed by atoms with Crippen LogP contribution < -0.4 is 5.73 Å². The van der Waals surface area contributed by atoms with Gasteiger partial charge in [-0.15, -0.1) is 0 Å². The van der Waals surface area contributed by atoms with E-state index in [0.29, 0.717) is 12.4 Å². The Morgan fingerprint density at radius 3 is 2.72 bits per heavy atom. The molecule has 1 aromatic rings. The van der Waals surface area contributed by atoms with E-state index in [4.69, 9.17) is 10.5 Å². The number of nitrogens with two attached hydrogens (primary N) is 1. The van der Waals surface area contributed by atoms with Gasteiger partial charge in [-0.25, -0.2) is 4.98 Å². The molecule has 1 saturated carbocycles. The maximum Gasteiger partial charge on any atom is 0.129 e. The summed E-state index contributed by atoms with van der Waals surface area (Å²) in [6.45, 7) is 4.52. The summed E-state index contributed by atoms with van der Waals surface area (Å²) >= 11 is 0. The van der Waals surface area contributed by atoms with Crippen LogP contribution in [-0.2, 0) is 4.74 Å². The number of rotatable bonds is 4. The van der Waals surface area contributed by atoms with Crippen molar-refractivity contribution in [2.24, 2.45) is 0 Å². The van der Waals surface area contributed by atoms with Gasteiger partial charge >= 0.3 is 0 Å². The van der Waals surface area contributed by atoms with E-state index < -0.39 is 11.7 Å². The van der Waals surface area contributed by atoms with Crippen LogP contribution >= 0.6 is 0 Å². The molecule has 1 aliphatic carbocycles. The second kappa shape index (κ2) is 5.24. The standard InChI is InChI=1S/C14H22N2O2/c1-3-18-14(7-4-5-8-14)12(17)11-10(2)6-9-16-13(11)15/h6,9,12,17H,3-5,7-8H2,1-2H3,(H2,15,16). The molecule has 0 aromatic carbocycles. The van der Waals surface area contributed by atoms with Crippen LogP contribution in [0.1, 0.15) is 49.8 Å². The molecule has 0 saturated heterocycles. The molecular formula is C14H22N2O2. The molecular weight excluding hydrogens is 228 g/mol. The number of nitrogen functional groups attached to an aromatic ring is 1. The van der Waals surface area contributed by atoms with Gasteiger partial charge in [0, 0.05) is 18.4 Å². The van der Waals surface area contributed by atoms with Crippen LogP contribution in [0.2, 0.25) is 0 Å². The second-order valence-corrected chi connectivity index (χ2v) is 5.03. The summed E-state index contributed by atoms with van der Waals surface area (Å²) in [5.74, 6) is 0.411. The number of hydrogen-bond acceptors (Lipinski definition) is 4. The molecule has 1 aliphatic rings. The van der Waals surface area contributed by atoms with E-state index >= 15 is 0 Å². The van der Waals surface area contributed by atoms with Gasteiger partial charge in [0.25, 0.3) is 0 Å². The summed E-state index contributed by atoms with van der Waals surface area (Å²) < 4.78 is 5.88. The molecule has 4 nitrogen and oxygen atoms in total. The van der Waals surface area contributed by atoms with Crippen molar-refractivity contribution in [2.75, 3.05) is 12.3 Å². The molecule has 0 radical (unpaired) electrons. The fourth-order valence-corrected chi connectivity index (χ4v) is 2.97. The molecule has 2 rings (SSSR count). The average Bonchev–Trinajstić information content (AvgIpc) is 2.79. The number of aromatic nitrogens is 1. The van der Waals surface area contributed by atoms with Gasteiger partial charge in [-0.05, 0) is 38.3 Å². The van der Waals surface area contributed by atoms with Crippen molar-refractivity contribution >= 4 is 5.82 Å². The fraction of sp³-hybridized carbons (Fsp3) is 0.643. The third-order valence-corrected chi connectivity index (χ3v) is 3.89. The lowest BCUT2D eigenvalue weighted by Gasteiger charge is -2.35. The van der Waals surface area contributed by atoms with Gasteiger partial charge in [0.15, 0.2) is 0 Å². The van der Waals surface area contributed by atoms with Crippen molar-refractivity contribution < 1.29 is 9.84 Å². The Morgan fingerprint density at radius 2 is 2.17 bits per heavy atom. The Bertz CT molecular complexity index is 394. The number of aliphatic hydroxyl groups excluding tert-OH is 1. The highest BCUT2D eigenvalue weighted by Crippen LogP contribution is 2.44. The first-order valence-corrected chi connectivity index (χ1v) is 6.64. The number of aliphatic hydroxyl groups is 1. The Labute approximate surface area is 108 Å². The van der Waals surface area contributed by atoms with E-state index in [1.165, 1.54) is 0 Å². The number of aryl methyl sites for hydroxylation is 1. The quantitative estimate of drug-likeness (QED) is 0.860. The monoisotopic (exact) mass is 250 g/mol. The van der Waals surface area contributed by atoms with Crippen LogP contribution in [0.25, 0.3) is 0 Å². The number of hydrogen-bond donors (Lipinski definition) is 2. The zero-order valence-electron chi connectivity index (χ0n) is 11.1. The van der Waals surface area contributed by atoms with E-state index in [0.717, 1.165) is 36.8 Å². The molecule has 4 heteroatoms. The SMILES string of the molecule is CCOC1(C(O)c2c(C)ccnc2N)CCCC1. The molecule has 1 fully saturated rings. The van der Waals surface area contributed by atoms with Gasteiger partial charge in [0.1, 0.15) is 11.9 Å². The van der Waals surface area contributed by atoms with Crippen molar-refractivity contribution in [3.63, 3.8) is 0 Å². The van der Waals surface area contributed by atoms with E-state index in [1.54, 1.807) is 6.20 Å². The van der Waals surface area contributed by atoms with Gasteiger partial charge < -0.3 is 15.6 Å². The van der Waals surface area contributed by atoms with Crippen LogP contribution in [-0.4, -0.2) is 22.3 Å². The van der Waals surface area contributed by atoms with Crippen molar-refractivity contribution in [3.8, 4) is 0 Å². The van der Waals surface area contributed by atoms with Gasteiger partial charge in [-0.2, -0.15) is 0 Å². The minimum atomic E-state index is -0.686. The highest BCUT2D eigenvalue weighted by atomic mass is 16.5. The maximum atomic E-state index is 10.7. The first-order valence-electron chi connectivity index (χ1n) is 6.64. The molecule has 1 heterocycles. The van der Waals surface area contributed by atoms with Gasteiger partial charge in [0.05, 0.1) is 5.60 Å². The van der Waals surface area contributed by atoms with E-state index in [9.17, 15) is 5.11 Å². The second-order valence-electron chi connectivity index (χ2n) is 5.03. The predicted molar refractivity (Wildman–Crippen MR) is 71.2 cm³/mol. The molecule has 0 spiro atoms. The van der Waals surface area contributed by atoms with Gasteiger partial charge in [0.2, 0.25) is 0 Å². The summed E-state index contributed by atoms with van der Waals surface area (Å²) in [7, 11) is 0. The lowest BCUT2D eigenvalue weighted by Crippen LogP contribution is -2.37. The van der Waals surface area contributed by atoms with E-state index in [-0.39, 0.29) is 0 Å². The molecule has 0 aliphatic heterocycles. The lowest BCUT2D eigenvalue weighted by atomic mass is 9.87. The van der Waals surface area contributed by atoms with Crippen LogP contribution in [0.4, 0.5) is 5.82 Å². The molecule has 0 bridgehead atoms. The third-order valence-electron chi connectivity index (χ3n) is 3.89. The molecule has 3 N–H and O–H groups in total. The number of ether oxygens (including phenoxy) is 1. The zero-order chi connectivity index (χ0) is 13.2. The fourth-order valence-electron chi connectivity index (χ4n) is 2.97. The maximum absolute atomic E-state index is 10.7. The summed E-state index contributed by atoms with van der Waals surface area (Å²) in [5.41, 5.74) is 7.15. The van der Waals surface area contributed by atoms with Gasteiger partial charge in [-0.1, -0.05) is 12.8 Å². The molecule has 18 heavy (non-hydrogen) atoms. The van der Waals surface area contributed by atoms with Crippen molar-refractivity contribution in [1.29, 1.82) is 0 Å². The van der Waals surface area contributed by atoms with Crippen LogP contribution in [0.15, 0.2) is 12.3 Å². The van der Waals surface area contributed by atoms with E-state index in [2.05, 4.69) is 4.98 Å². The number of pyridine rings is 1. The first-order chi connectivity index (χ1) is 8.60. The van der Waals surface area contributed by atoms with E-state index in [1.807, 2.05) is 19.9 Å². The first kappa shape index (κ1) is 13.3. The highest BCUT2D eigenvalue weighted by molar-refractivity contribution is 5.46. The van der Waals surface area contributed by atoms with Crippen LogP contribution in [0.3, 0.4) is 0 Å². The molecule has 0 amide bonds. The number of anilines is 1. The largest absolute Gasteiger partial charge is 0.385 e. The summed E-state index contributed by atoms with van der Waals surface area (Å²) in [5, 5.41) is 10.7. The Kier molecular flexibility index (Phi) is 3.88. The van der Waals surface area contributed by atoms with Crippen LogP contribution in [0, 0.1) is 6.92 Å². The van der Waals surface area contributed by atoms with Crippen molar-refractivity contribution in [2.45, 2.75) is 51.2 Å². The normalized spacial score (nSPS) is 19.9. The summed E-state index contributed by atoms with van der Waals surface area (Å²) in [6, 6.07) is 1.88. The Hall–Kier alpha value is -1.13. The summed E-state index contributed by atoms with van der Waals surface area (Å²) in [4.78, 5) is 4.09. The smallest absolute Gasteiger partial charge is 0.129 e. The third kappa shape index (κ3) is 2.22. The molecule has 1 aromatic heterocycles. The molecule has 1 atom stereocenters. The topological polar surface area (TPSA) is 68.4 Å². The minimum absolute atomic E-state index is 0.411. The highest BCUT2D eigenvalue weighted by Gasteiger charge is 2.43. The Morgan fingerprint density at radius 1 is 1.50 bits per heavy atom. The molecule has 100 valence electrons. The average molecular weight is 250 g/mol.